The Labute approximate surface area is 115 Å². The number of carbonyl (C=O) groups is 1. The fourth-order valence-electron chi connectivity index (χ4n) is 1.44. The molecule has 0 aliphatic heterocycles. The van der Waals surface area contributed by atoms with Crippen molar-refractivity contribution in [3.63, 3.8) is 0 Å². The number of halogens is 1. The van der Waals surface area contributed by atoms with Crippen molar-refractivity contribution in [1.82, 2.24) is 9.62 Å². The number of alkyl halides is 1. The van der Waals surface area contributed by atoms with Crippen molar-refractivity contribution in [2.75, 3.05) is 24.7 Å². The molecule has 7 heteroatoms. The summed E-state index contributed by atoms with van der Waals surface area (Å²) in [7, 11) is -3.36. The van der Waals surface area contributed by atoms with E-state index in [4.69, 9.17) is 11.6 Å². The van der Waals surface area contributed by atoms with Crippen molar-refractivity contribution in [3.8, 4) is 0 Å². The van der Waals surface area contributed by atoms with Gasteiger partial charge in [0.1, 0.15) is 0 Å². The van der Waals surface area contributed by atoms with Crippen molar-refractivity contribution in [3.05, 3.63) is 0 Å². The summed E-state index contributed by atoms with van der Waals surface area (Å²) in [5.74, 6) is 0.227. The van der Waals surface area contributed by atoms with E-state index in [0.29, 0.717) is 25.3 Å². The number of unbranched alkanes of at least 4 members (excludes halogenated alkanes) is 1. The van der Waals surface area contributed by atoms with Gasteiger partial charge in [-0.25, -0.2) is 8.42 Å². The smallest absolute Gasteiger partial charge is 0.235 e. The highest BCUT2D eigenvalue weighted by Crippen LogP contribution is 2.05. The summed E-state index contributed by atoms with van der Waals surface area (Å²) in [6.07, 6.45) is 1.19. The molecule has 0 bridgehead atoms. The quantitative estimate of drug-likeness (QED) is 0.513. The highest BCUT2D eigenvalue weighted by Gasteiger charge is 2.22. The molecule has 1 N–H and O–H groups in total. The molecular weight excluding hydrogens is 276 g/mol. The average Bonchev–Trinajstić information content (AvgIpc) is 2.24. The van der Waals surface area contributed by atoms with Crippen LogP contribution in [0.4, 0.5) is 0 Å². The molecule has 1 amide bonds. The van der Waals surface area contributed by atoms with Gasteiger partial charge in [0.15, 0.2) is 0 Å². The van der Waals surface area contributed by atoms with Crippen molar-refractivity contribution in [1.29, 1.82) is 0 Å². The number of sulfonamides is 1. The number of nitrogens with one attached hydrogen (secondary N) is 1. The van der Waals surface area contributed by atoms with E-state index in [1.54, 1.807) is 6.92 Å². The first-order valence-electron chi connectivity index (χ1n) is 6.16. The maximum absolute atomic E-state index is 12.0. The lowest BCUT2D eigenvalue weighted by molar-refractivity contribution is -0.121. The zero-order valence-electron chi connectivity index (χ0n) is 11.3. The highest BCUT2D eigenvalue weighted by molar-refractivity contribution is 7.89. The molecule has 0 aromatic carbocycles. The van der Waals surface area contributed by atoms with Crippen LogP contribution in [0.1, 0.15) is 33.6 Å². The maximum atomic E-state index is 12.0. The molecular formula is C11H23ClN2O3S. The first kappa shape index (κ1) is 17.7. The Morgan fingerprint density at radius 3 is 2.39 bits per heavy atom. The summed E-state index contributed by atoms with van der Waals surface area (Å²) in [6.45, 7) is 5.58. The lowest BCUT2D eigenvalue weighted by Crippen LogP contribution is -2.43. The number of rotatable bonds is 9. The number of likely N-dealkylation sites (N-methyl/N-ethyl adjacent to an activating group) is 1. The molecule has 0 saturated heterocycles. The summed E-state index contributed by atoms with van der Waals surface area (Å²) < 4.78 is 25.1. The van der Waals surface area contributed by atoms with Gasteiger partial charge in [0.25, 0.3) is 0 Å². The third-order valence-electron chi connectivity index (χ3n) is 2.30. The summed E-state index contributed by atoms with van der Waals surface area (Å²) in [4.78, 5) is 11.6. The van der Waals surface area contributed by atoms with Crippen LogP contribution >= 0.6 is 11.6 Å². The Morgan fingerprint density at radius 2 is 1.94 bits per heavy atom. The van der Waals surface area contributed by atoms with Crippen molar-refractivity contribution < 1.29 is 13.2 Å². The van der Waals surface area contributed by atoms with E-state index >= 15 is 0 Å². The van der Waals surface area contributed by atoms with E-state index < -0.39 is 10.0 Å². The van der Waals surface area contributed by atoms with E-state index in [0.717, 1.165) is 0 Å². The molecule has 0 fully saturated rings. The Kier molecular flexibility index (Phi) is 8.56. The molecule has 0 aromatic heterocycles. The van der Waals surface area contributed by atoms with Crippen LogP contribution < -0.4 is 5.32 Å². The normalized spacial score (nSPS) is 12.1. The highest BCUT2D eigenvalue weighted by atomic mass is 35.5. The molecule has 0 aromatic rings. The topological polar surface area (TPSA) is 66.5 Å². The van der Waals surface area contributed by atoms with Crippen LogP contribution in [0.2, 0.25) is 0 Å². The first-order chi connectivity index (χ1) is 8.33. The van der Waals surface area contributed by atoms with E-state index in [1.165, 1.54) is 4.31 Å². The molecule has 0 aliphatic rings. The van der Waals surface area contributed by atoms with E-state index in [9.17, 15) is 13.2 Å². The minimum Gasteiger partial charge on any atom is -0.353 e. The predicted octanol–water partition coefficient (Wildman–Crippen LogP) is 1.18. The maximum Gasteiger partial charge on any atom is 0.235 e. The predicted molar refractivity (Wildman–Crippen MR) is 74.3 cm³/mol. The fraction of sp³-hybridized carbons (Fsp3) is 0.909. The number of nitrogens with zero attached hydrogens (tertiary/aromatic N) is 1. The fourth-order valence-corrected chi connectivity index (χ4v) is 3.17. The Bertz CT molecular complexity index is 344. The second-order valence-corrected chi connectivity index (χ2v) is 6.83. The number of carbonyl (C=O) groups excluding carboxylic acids is 1. The number of hydrogen-bond donors (Lipinski definition) is 1. The zero-order valence-corrected chi connectivity index (χ0v) is 12.9. The lowest BCUT2D eigenvalue weighted by Gasteiger charge is -2.20. The molecule has 0 aliphatic carbocycles. The van der Waals surface area contributed by atoms with Gasteiger partial charge in [-0.2, -0.15) is 4.31 Å². The van der Waals surface area contributed by atoms with E-state index in [2.05, 4.69) is 5.32 Å². The molecule has 108 valence electrons. The molecule has 0 unspecified atom stereocenters. The molecule has 5 nitrogen and oxygen atoms in total. The Morgan fingerprint density at radius 1 is 1.33 bits per heavy atom. The van der Waals surface area contributed by atoms with Crippen LogP contribution in [-0.2, 0) is 14.8 Å². The molecule has 18 heavy (non-hydrogen) atoms. The minimum absolute atomic E-state index is 0.00941. The van der Waals surface area contributed by atoms with Crippen LogP contribution in [0, 0.1) is 0 Å². The molecule has 0 rings (SSSR count). The minimum atomic E-state index is -3.36. The van der Waals surface area contributed by atoms with Gasteiger partial charge in [-0.3, -0.25) is 4.79 Å². The van der Waals surface area contributed by atoms with E-state index in [1.807, 2.05) is 13.8 Å². The molecule has 0 spiro atoms. The second kappa shape index (κ2) is 8.72. The van der Waals surface area contributed by atoms with Crippen molar-refractivity contribution in [2.45, 2.75) is 39.7 Å². The van der Waals surface area contributed by atoms with Gasteiger partial charge in [0.2, 0.25) is 15.9 Å². The first-order valence-corrected chi connectivity index (χ1v) is 8.31. The van der Waals surface area contributed by atoms with Crippen LogP contribution in [0.15, 0.2) is 0 Å². The monoisotopic (exact) mass is 298 g/mol. The van der Waals surface area contributed by atoms with Gasteiger partial charge >= 0.3 is 0 Å². The largest absolute Gasteiger partial charge is 0.353 e. The summed E-state index contributed by atoms with van der Waals surface area (Å²) in [6, 6.07) is 0.00941. The summed E-state index contributed by atoms with van der Waals surface area (Å²) in [5, 5.41) is 2.68. The van der Waals surface area contributed by atoms with Crippen molar-refractivity contribution >= 4 is 27.5 Å². The van der Waals surface area contributed by atoms with Gasteiger partial charge in [-0.15, -0.1) is 11.6 Å². The van der Waals surface area contributed by atoms with Gasteiger partial charge < -0.3 is 5.32 Å². The van der Waals surface area contributed by atoms with Crippen molar-refractivity contribution in [2.24, 2.45) is 0 Å². The lowest BCUT2D eigenvalue weighted by atomic mass is 10.4. The standard InChI is InChI=1S/C11H23ClN2O3S/c1-4-14(9-11(15)13-10(2)3)18(16,17)8-6-5-7-12/h10H,4-9H2,1-3H3,(H,13,15). The third kappa shape index (κ3) is 7.18. The summed E-state index contributed by atoms with van der Waals surface area (Å²) in [5.41, 5.74) is 0. The SMILES string of the molecule is CCN(CC(=O)NC(C)C)S(=O)(=O)CCCCCl. The molecule has 0 saturated carbocycles. The van der Waals surface area contributed by atoms with Crippen LogP contribution in [0.3, 0.4) is 0 Å². The Balaban J connectivity index is 4.42. The third-order valence-corrected chi connectivity index (χ3v) is 4.55. The van der Waals surface area contributed by atoms with Gasteiger partial charge in [0.05, 0.1) is 12.3 Å². The number of hydrogen-bond acceptors (Lipinski definition) is 3. The van der Waals surface area contributed by atoms with Crippen LogP contribution in [0.25, 0.3) is 0 Å². The van der Waals surface area contributed by atoms with Gasteiger partial charge in [-0.1, -0.05) is 6.92 Å². The molecule has 0 radical (unpaired) electrons. The second-order valence-electron chi connectivity index (χ2n) is 4.36. The summed E-state index contributed by atoms with van der Waals surface area (Å²) >= 11 is 5.51. The average molecular weight is 299 g/mol. The Hall–Kier alpha value is -0.330. The van der Waals surface area contributed by atoms with E-state index in [-0.39, 0.29) is 24.2 Å². The molecule has 0 heterocycles. The van der Waals surface area contributed by atoms with Gasteiger partial charge in [-0.05, 0) is 26.7 Å². The van der Waals surface area contributed by atoms with Crippen LogP contribution in [0.5, 0.6) is 0 Å². The molecule has 0 atom stereocenters. The van der Waals surface area contributed by atoms with Crippen LogP contribution in [-0.4, -0.2) is 49.4 Å². The zero-order chi connectivity index (χ0) is 14.2. The van der Waals surface area contributed by atoms with Gasteiger partial charge in [0, 0.05) is 18.5 Å². The number of amides is 1.